The molecule has 13 heavy (non-hydrogen) atoms. The van der Waals surface area contributed by atoms with Crippen LogP contribution in [0.3, 0.4) is 0 Å². The van der Waals surface area contributed by atoms with Crippen LogP contribution >= 0.6 is 15.9 Å². The Morgan fingerprint density at radius 1 is 1.31 bits per heavy atom. The second kappa shape index (κ2) is 2.96. The maximum Gasteiger partial charge on any atom is 0.125 e. The van der Waals surface area contributed by atoms with E-state index in [1.165, 1.54) is 12.1 Å². The molecule has 1 aromatic carbocycles. The van der Waals surface area contributed by atoms with Gasteiger partial charge in [-0.3, -0.25) is 0 Å². The van der Waals surface area contributed by atoms with Gasteiger partial charge >= 0.3 is 0 Å². The smallest absolute Gasteiger partial charge is 0.125 e. The minimum Gasteiger partial charge on any atom is -0.384 e. The molecule has 2 N–H and O–H groups in total. The van der Waals surface area contributed by atoms with Gasteiger partial charge in [0.15, 0.2) is 0 Å². The van der Waals surface area contributed by atoms with E-state index in [1.54, 1.807) is 12.1 Å². The molecule has 0 amide bonds. The van der Waals surface area contributed by atoms with Crippen molar-refractivity contribution in [3.8, 4) is 0 Å². The predicted molar refractivity (Wildman–Crippen MR) is 53.8 cm³/mol. The first-order valence-corrected chi connectivity index (χ1v) is 4.47. The topological polar surface area (TPSA) is 38.9 Å². The first kappa shape index (κ1) is 8.44. The molecule has 0 fully saturated rings. The Kier molecular flexibility index (Phi) is 1.92. The maximum atomic E-state index is 12.8. The highest BCUT2D eigenvalue weighted by molar-refractivity contribution is 9.10. The number of hydrogen-bond acceptors (Lipinski definition) is 2. The molecule has 1 heterocycles. The number of nitrogens with zero attached hydrogens (tertiary/aromatic N) is 1. The summed E-state index contributed by atoms with van der Waals surface area (Å²) in [5.74, 6) is 0.144. The van der Waals surface area contributed by atoms with Crippen molar-refractivity contribution in [2.24, 2.45) is 0 Å². The number of anilines is 1. The van der Waals surface area contributed by atoms with Crippen LogP contribution in [0.2, 0.25) is 0 Å². The van der Waals surface area contributed by atoms with Crippen LogP contribution < -0.4 is 5.73 Å². The molecule has 2 aromatic rings. The van der Waals surface area contributed by atoms with Gasteiger partial charge in [-0.15, -0.1) is 0 Å². The third kappa shape index (κ3) is 1.49. The third-order valence-corrected chi connectivity index (χ3v) is 2.40. The summed E-state index contributed by atoms with van der Waals surface area (Å²) in [4.78, 5) is 4.06. The Balaban J connectivity index is 2.87. The lowest BCUT2D eigenvalue weighted by Gasteiger charge is -2.01. The van der Waals surface area contributed by atoms with Crippen molar-refractivity contribution in [1.82, 2.24) is 4.98 Å². The van der Waals surface area contributed by atoms with E-state index >= 15 is 0 Å². The normalized spacial score (nSPS) is 10.6. The van der Waals surface area contributed by atoms with E-state index in [0.717, 1.165) is 9.86 Å². The Hall–Kier alpha value is -1.16. The summed E-state index contributed by atoms with van der Waals surface area (Å²) in [7, 11) is 0. The van der Waals surface area contributed by atoms with Crippen molar-refractivity contribution in [2.45, 2.75) is 0 Å². The van der Waals surface area contributed by atoms with Crippen molar-refractivity contribution >= 4 is 32.7 Å². The molecule has 0 radical (unpaired) electrons. The fourth-order valence-corrected chi connectivity index (χ4v) is 1.73. The largest absolute Gasteiger partial charge is 0.384 e. The summed E-state index contributed by atoms with van der Waals surface area (Å²) in [5.41, 5.74) is 6.22. The molecular weight excluding hydrogens is 235 g/mol. The van der Waals surface area contributed by atoms with Crippen molar-refractivity contribution in [2.75, 3.05) is 5.73 Å². The summed E-state index contributed by atoms with van der Waals surface area (Å²) in [6.45, 7) is 0. The standard InChI is InChI=1S/C9H6BrFN2/c10-7-4-9(12)13-8-2-1-5(11)3-6(7)8/h1-4H,(H2,12,13). The summed E-state index contributed by atoms with van der Waals surface area (Å²) in [6.07, 6.45) is 0. The molecule has 2 nitrogen and oxygen atoms in total. The highest BCUT2D eigenvalue weighted by Crippen LogP contribution is 2.24. The van der Waals surface area contributed by atoms with Gasteiger partial charge in [-0.25, -0.2) is 9.37 Å². The highest BCUT2D eigenvalue weighted by Gasteiger charge is 2.02. The second-order valence-corrected chi connectivity index (χ2v) is 3.54. The zero-order valence-corrected chi connectivity index (χ0v) is 8.18. The molecule has 0 aliphatic carbocycles. The van der Waals surface area contributed by atoms with Crippen molar-refractivity contribution in [3.05, 3.63) is 34.6 Å². The van der Waals surface area contributed by atoms with Crippen molar-refractivity contribution < 1.29 is 4.39 Å². The molecule has 0 aliphatic heterocycles. The SMILES string of the molecule is Nc1cc(Br)c2cc(F)ccc2n1. The van der Waals surface area contributed by atoms with Gasteiger partial charge in [-0.05, 0) is 40.2 Å². The predicted octanol–water partition coefficient (Wildman–Crippen LogP) is 2.72. The van der Waals surface area contributed by atoms with Crippen LogP contribution in [0, 0.1) is 5.82 Å². The van der Waals surface area contributed by atoms with Crippen LogP contribution in [0.4, 0.5) is 10.2 Å². The van der Waals surface area contributed by atoms with Crippen molar-refractivity contribution in [3.63, 3.8) is 0 Å². The fourth-order valence-electron chi connectivity index (χ4n) is 1.18. The molecule has 0 bridgehead atoms. The number of nitrogens with two attached hydrogens (primary N) is 1. The molecular formula is C9H6BrFN2. The first-order chi connectivity index (χ1) is 6.16. The molecule has 0 atom stereocenters. The quantitative estimate of drug-likeness (QED) is 0.770. The molecule has 0 spiro atoms. The number of aromatic nitrogens is 1. The number of benzene rings is 1. The number of halogens is 2. The van der Waals surface area contributed by atoms with Crippen LogP contribution in [0.1, 0.15) is 0 Å². The summed E-state index contributed by atoms with van der Waals surface area (Å²) < 4.78 is 13.6. The zero-order valence-electron chi connectivity index (χ0n) is 6.59. The fraction of sp³-hybridized carbons (Fsp3) is 0. The molecule has 0 aliphatic rings. The van der Waals surface area contributed by atoms with Gasteiger partial charge in [0, 0.05) is 9.86 Å². The van der Waals surface area contributed by atoms with E-state index in [2.05, 4.69) is 20.9 Å². The van der Waals surface area contributed by atoms with Crippen molar-refractivity contribution in [1.29, 1.82) is 0 Å². The number of nitrogen functional groups attached to an aromatic ring is 1. The van der Waals surface area contributed by atoms with Gasteiger partial charge in [0.1, 0.15) is 11.6 Å². The minimum absolute atomic E-state index is 0.278. The van der Waals surface area contributed by atoms with E-state index in [1.807, 2.05) is 0 Å². The molecule has 2 rings (SSSR count). The lowest BCUT2D eigenvalue weighted by molar-refractivity contribution is 0.629. The first-order valence-electron chi connectivity index (χ1n) is 3.68. The Bertz CT molecular complexity index is 470. The average molecular weight is 241 g/mol. The van der Waals surface area contributed by atoms with E-state index in [4.69, 9.17) is 5.73 Å². The monoisotopic (exact) mass is 240 g/mol. The van der Waals surface area contributed by atoms with Gasteiger partial charge in [-0.2, -0.15) is 0 Å². The second-order valence-electron chi connectivity index (χ2n) is 2.69. The summed E-state index contributed by atoms with van der Waals surface area (Å²) in [5, 5.41) is 0.731. The number of fused-ring (bicyclic) bond motifs is 1. The third-order valence-electron chi connectivity index (χ3n) is 1.74. The van der Waals surface area contributed by atoms with E-state index < -0.39 is 0 Å². The lowest BCUT2D eigenvalue weighted by atomic mass is 10.2. The molecule has 0 saturated carbocycles. The number of pyridine rings is 1. The Labute approximate surface area is 82.7 Å². The Morgan fingerprint density at radius 2 is 2.08 bits per heavy atom. The van der Waals surface area contributed by atoms with E-state index in [0.29, 0.717) is 11.3 Å². The summed E-state index contributed by atoms with van der Waals surface area (Å²) >= 11 is 3.30. The number of hydrogen-bond donors (Lipinski definition) is 1. The minimum atomic E-state index is -0.278. The van der Waals surface area contributed by atoms with E-state index in [-0.39, 0.29) is 5.82 Å². The van der Waals surface area contributed by atoms with Gasteiger partial charge in [-0.1, -0.05) is 0 Å². The zero-order chi connectivity index (χ0) is 9.42. The lowest BCUT2D eigenvalue weighted by Crippen LogP contribution is -1.91. The highest BCUT2D eigenvalue weighted by atomic mass is 79.9. The summed E-state index contributed by atoms with van der Waals surface area (Å²) in [6, 6.07) is 6.04. The molecule has 66 valence electrons. The van der Waals surface area contributed by atoms with Gasteiger partial charge in [0.2, 0.25) is 0 Å². The molecule has 0 unspecified atom stereocenters. The number of rotatable bonds is 0. The van der Waals surface area contributed by atoms with Crippen LogP contribution in [0.25, 0.3) is 10.9 Å². The van der Waals surface area contributed by atoms with Gasteiger partial charge < -0.3 is 5.73 Å². The molecule has 1 aromatic heterocycles. The van der Waals surface area contributed by atoms with Gasteiger partial charge in [0.25, 0.3) is 0 Å². The van der Waals surface area contributed by atoms with Crippen LogP contribution in [-0.4, -0.2) is 4.98 Å². The van der Waals surface area contributed by atoms with E-state index in [9.17, 15) is 4.39 Å². The maximum absolute atomic E-state index is 12.8. The van der Waals surface area contributed by atoms with Crippen LogP contribution in [-0.2, 0) is 0 Å². The Morgan fingerprint density at radius 3 is 2.85 bits per heavy atom. The molecule has 4 heteroatoms. The average Bonchev–Trinajstić information content (AvgIpc) is 2.06. The van der Waals surface area contributed by atoms with Crippen LogP contribution in [0.15, 0.2) is 28.7 Å². The van der Waals surface area contributed by atoms with Crippen LogP contribution in [0.5, 0.6) is 0 Å². The van der Waals surface area contributed by atoms with Gasteiger partial charge in [0.05, 0.1) is 5.52 Å². The molecule has 0 saturated heterocycles.